The molecule has 2 amide bonds. The highest BCUT2D eigenvalue weighted by Crippen LogP contribution is 2.40. The Labute approximate surface area is 149 Å². The zero-order valence-electron chi connectivity index (χ0n) is 15.8. The maximum atomic E-state index is 12.2. The molecular weight excluding hydrogens is 316 g/mol. The smallest absolute Gasteiger partial charge is 0.410 e. The van der Waals surface area contributed by atoms with Crippen molar-refractivity contribution in [1.29, 1.82) is 0 Å². The summed E-state index contributed by atoms with van der Waals surface area (Å²) in [5.74, 6) is 0.462. The summed E-state index contributed by atoms with van der Waals surface area (Å²) in [6.07, 6.45) is 1.60. The number of piperidine rings is 1. The molecule has 0 unspecified atom stereocenters. The van der Waals surface area contributed by atoms with Crippen molar-refractivity contribution in [2.75, 3.05) is 18.4 Å². The fourth-order valence-corrected chi connectivity index (χ4v) is 3.59. The van der Waals surface area contributed by atoms with Gasteiger partial charge in [0.1, 0.15) is 5.60 Å². The van der Waals surface area contributed by atoms with Crippen LogP contribution in [0.15, 0.2) is 18.2 Å². The maximum Gasteiger partial charge on any atom is 0.410 e. The minimum Gasteiger partial charge on any atom is -0.444 e. The summed E-state index contributed by atoms with van der Waals surface area (Å²) in [6, 6.07) is 6.31. The second-order valence-corrected chi connectivity index (χ2v) is 8.63. The van der Waals surface area contributed by atoms with Crippen LogP contribution in [0.25, 0.3) is 0 Å². The Balaban J connectivity index is 1.66. The number of likely N-dealkylation sites (tertiary alicyclic amines) is 1. The molecule has 0 spiro atoms. The van der Waals surface area contributed by atoms with Gasteiger partial charge >= 0.3 is 6.09 Å². The lowest BCUT2D eigenvalue weighted by Gasteiger charge is -2.33. The van der Waals surface area contributed by atoms with Crippen LogP contribution in [0.2, 0.25) is 0 Å². The molecule has 5 heteroatoms. The SMILES string of the molecule is CC(C)(C)OC(=O)N1CCC(c2ccc3c(c2)NC(=O)C3(C)C)CC1. The van der Waals surface area contributed by atoms with Crippen molar-refractivity contribution in [3.8, 4) is 0 Å². The monoisotopic (exact) mass is 344 g/mol. The quantitative estimate of drug-likeness (QED) is 0.837. The van der Waals surface area contributed by atoms with E-state index < -0.39 is 11.0 Å². The number of amides is 2. The first-order chi connectivity index (χ1) is 11.6. The number of fused-ring (bicyclic) bond motifs is 1. The van der Waals surface area contributed by atoms with Gasteiger partial charge in [-0.3, -0.25) is 4.79 Å². The minimum absolute atomic E-state index is 0.0550. The van der Waals surface area contributed by atoms with E-state index in [0.29, 0.717) is 19.0 Å². The van der Waals surface area contributed by atoms with Crippen molar-refractivity contribution >= 4 is 17.7 Å². The third-order valence-electron chi connectivity index (χ3n) is 5.15. The van der Waals surface area contributed by atoms with E-state index in [-0.39, 0.29) is 12.0 Å². The lowest BCUT2D eigenvalue weighted by molar-refractivity contribution is -0.119. The summed E-state index contributed by atoms with van der Waals surface area (Å²) < 4.78 is 5.45. The molecule has 0 aliphatic carbocycles. The second kappa shape index (κ2) is 6.04. The van der Waals surface area contributed by atoms with Gasteiger partial charge in [-0.15, -0.1) is 0 Å². The normalized spacial score (nSPS) is 20.2. The van der Waals surface area contributed by atoms with E-state index in [1.54, 1.807) is 4.90 Å². The predicted molar refractivity (Wildman–Crippen MR) is 97.9 cm³/mol. The van der Waals surface area contributed by atoms with Crippen molar-refractivity contribution in [1.82, 2.24) is 4.90 Å². The molecule has 1 aromatic rings. The summed E-state index contributed by atoms with van der Waals surface area (Å²) in [5.41, 5.74) is 2.31. The van der Waals surface area contributed by atoms with Crippen molar-refractivity contribution in [2.24, 2.45) is 0 Å². The molecule has 1 N–H and O–H groups in total. The van der Waals surface area contributed by atoms with Crippen LogP contribution in [0.5, 0.6) is 0 Å². The van der Waals surface area contributed by atoms with Gasteiger partial charge in [-0.2, -0.15) is 0 Å². The van der Waals surface area contributed by atoms with Gasteiger partial charge in [0, 0.05) is 18.8 Å². The van der Waals surface area contributed by atoms with Crippen molar-refractivity contribution in [3.05, 3.63) is 29.3 Å². The Hall–Kier alpha value is -2.04. The second-order valence-electron chi connectivity index (χ2n) is 8.63. The molecule has 1 fully saturated rings. The molecule has 3 rings (SSSR count). The molecule has 2 aliphatic rings. The first kappa shape index (κ1) is 17.8. The highest BCUT2D eigenvalue weighted by atomic mass is 16.6. The Morgan fingerprint density at radius 1 is 1.24 bits per heavy atom. The maximum absolute atomic E-state index is 12.2. The van der Waals surface area contributed by atoms with Crippen LogP contribution in [-0.4, -0.2) is 35.6 Å². The summed E-state index contributed by atoms with van der Waals surface area (Å²) in [5, 5.41) is 3.00. The molecule has 0 atom stereocenters. The average Bonchev–Trinajstić information content (AvgIpc) is 2.75. The van der Waals surface area contributed by atoms with E-state index in [2.05, 4.69) is 23.5 Å². The molecule has 1 saturated heterocycles. The van der Waals surface area contributed by atoms with Gasteiger partial charge in [-0.1, -0.05) is 12.1 Å². The molecule has 0 saturated carbocycles. The van der Waals surface area contributed by atoms with Crippen molar-refractivity contribution in [3.63, 3.8) is 0 Å². The highest BCUT2D eigenvalue weighted by Gasteiger charge is 2.38. The number of hydrogen-bond donors (Lipinski definition) is 1. The number of carbonyl (C=O) groups is 2. The van der Waals surface area contributed by atoms with Gasteiger partial charge < -0.3 is 15.0 Å². The summed E-state index contributed by atoms with van der Waals surface area (Å²) >= 11 is 0. The Morgan fingerprint density at radius 3 is 2.48 bits per heavy atom. The Morgan fingerprint density at radius 2 is 1.88 bits per heavy atom. The molecule has 0 bridgehead atoms. The topological polar surface area (TPSA) is 58.6 Å². The number of nitrogens with zero attached hydrogens (tertiary/aromatic N) is 1. The lowest BCUT2D eigenvalue weighted by Crippen LogP contribution is -2.41. The number of carbonyl (C=O) groups excluding carboxylic acids is 2. The number of anilines is 1. The number of hydrogen-bond acceptors (Lipinski definition) is 3. The zero-order chi connectivity index (χ0) is 18.4. The van der Waals surface area contributed by atoms with Gasteiger partial charge in [-0.25, -0.2) is 4.79 Å². The molecule has 2 aliphatic heterocycles. The Bertz CT molecular complexity index is 695. The van der Waals surface area contributed by atoms with E-state index in [1.165, 1.54) is 5.56 Å². The predicted octanol–water partition coefficient (Wildman–Crippen LogP) is 4.03. The zero-order valence-corrected chi connectivity index (χ0v) is 15.8. The average molecular weight is 344 g/mol. The van der Waals surface area contributed by atoms with E-state index >= 15 is 0 Å². The third-order valence-corrected chi connectivity index (χ3v) is 5.15. The van der Waals surface area contributed by atoms with Crippen LogP contribution >= 0.6 is 0 Å². The molecule has 2 heterocycles. The lowest BCUT2D eigenvalue weighted by atomic mass is 9.83. The number of nitrogens with one attached hydrogen (secondary N) is 1. The summed E-state index contributed by atoms with van der Waals surface area (Å²) in [4.78, 5) is 26.1. The van der Waals surface area contributed by atoms with E-state index in [0.717, 1.165) is 24.1 Å². The van der Waals surface area contributed by atoms with Crippen LogP contribution < -0.4 is 5.32 Å². The minimum atomic E-state index is -0.464. The van der Waals surface area contributed by atoms with Gasteiger partial charge in [0.25, 0.3) is 0 Å². The van der Waals surface area contributed by atoms with Gasteiger partial charge in [0.2, 0.25) is 5.91 Å². The van der Waals surface area contributed by atoms with Crippen molar-refractivity contribution in [2.45, 2.75) is 64.4 Å². The van der Waals surface area contributed by atoms with Crippen molar-refractivity contribution < 1.29 is 14.3 Å². The first-order valence-corrected chi connectivity index (χ1v) is 9.02. The van der Waals surface area contributed by atoms with Crippen LogP contribution in [0.1, 0.15) is 64.5 Å². The van der Waals surface area contributed by atoms with Crippen LogP contribution in [-0.2, 0) is 14.9 Å². The first-order valence-electron chi connectivity index (χ1n) is 9.02. The molecule has 0 radical (unpaired) electrons. The number of ether oxygens (including phenoxy) is 1. The molecule has 0 aromatic heterocycles. The van der Waals surface area contributed by atoms with Gasteiger partial charge in [0.05, 0.1) is 5.41 Å². The molecule has 136 valence electrons. The van der Waals surface area contributed by atoms with Gasteiger partial charge in [-0.05, 0) is 70.6 Å². The fourth-order valence-electron chi connectivity index (χ4n) is 3.59. The fraction of sp³-hybridized carbons (Fsp3) is 0.600. The molecule has 5 nitrogen and oxygen atoms in total. The molecule has 1 aromatic carbocycles. The number of benzene rings is 1. The Kier molecular flexibility index (Phi) is 4.30. The standard InChI is InChI=1S/C20H28N2O3/c1-19(2,3)25-18(24)22-10-8-13(9-11-22)14-6-7-15-16(12-14)21-17(23)20(15,4)5/h6-7,12-13H,8-11H2,1-5H3,(H,21,23). The third kappa shape index (κ3) is 3.51. The summed E-state index contributed by atoms with van der Waals surface area (Å²) in [6.45, 7) is 11.0. The number of rotatable bonds is 1. The molecule has 25 heavy (non-hydrogen) atoms. The van der Waals surface area contributed by atoms with E-state index in [4.69, 9.17) is 4.74 Å². The van der Waals surface area contributed by atoms with E-state index in [1.807, 2.05) is 34.6 Å². The summed E-state index contributed by atoms with van der Waals surface area (Å²) in [7, 11) is 0. The van der Waals surface area contributed by atoms with E-state index in [9.17, 15) is 9.59 Å². The largest absolute Gasteiger partial charge is 0.444 e. The van der Waals surface area contributed by atoms with Crippen LogP contribution in [0, 0.1) is 0 Å². The van der Waals surface area contributed by atoms with Gasteiger partial charge in [0.15, 0.2) is 0 Å². The molecular formula is C20H28N2O3. The van der Waals surface area contributed by atoms with Crippen LogP contribution in [0.4, 0.5) is 10.5 Å². The van der Waals surface area contributed by atoms with Crippen LogP contribution in [0.3, 0.4) is 0 Å². The highest BCUT2D eigenvalue weighted by molar-refractivity contribution is 6.05.